The van der Waals surface area contributed by atoms with Crippen LogP contribution in [0.1, 0.15) is 0 Å². The maximum Gasteiger partial charge on any atom is 0.534 e. The third-order valence-corrected chi connectivity index (χ3v) is 9.69. The SMILES string of the molecule is C[Si](C)(C)O[Si](F)(CCl)O[Si](C)(C)C. The minimum Gasteiger partial charge on any atom is -0.413 e. The summed E-state index contributed by atoms with van der Waals surface area (Å²) < 4.78 is 25.0. The molecule has 0 aliphatic rings. The molecule has 14 heavy (non-hydrogen) atoms. The van der Waals surface area contributed by atoms with Gasteiger partial charge in [-0.2, -0.15) is 0 Å². The van der Waals surface area contributed by atoms with Gasteiger partial charge in [0.15, 0.2) is 16.6 Å². The average molecular weight is 275 g/mol. The Morgan fingerprint density at radius 3 is 1.36 bits per heavy atom. The van der Waals surface area contributed by atoms with E-state index in [2.05, 4.69) is 0 Å². The highest BCUT2D eigenvalue weighted by Gasteiger charge is 2.46. The van der Waals surface area contributed by atoms with Crippen LogP contribution in [0.3, 0.4) is 0 Å². The van der Waals surface area contributed by atoms with Crippen molar-refractivity contribution >= 4 is 37.1 Å². The lowest BCUT2D eigenvalue weighted by Crippen LogP contribution is -2.53. The molecule has 0 amide bonds. The third-order valence-electron chi connectivity index (χ3n) is 1.08. The molecule has 0 spiro atoms. The number of alkyl halides is 1. The molecule has 0 aromatic heterocycles. The number of hydrogen-bond donors (Lipinski definition) is 0. The molecule has 0 unspecified atom stereocenters. The third kappa shape index (κ3) is 7.13. The van der Waals surface area contributed by atoms with Gasteiger partial charge in [-0.25, -0.2) is 4.11 Å². The summed E-state index contributed by atoms with van der Waals surface area (Å²) >= 11 is 5.60. The Kier molecular flexibility index (Phi) is 5.02. The molecule has 0 aliphatic carbocycles. The van der Waals surface area contributed by atoms with Crippen LogP contribution in [0.2, 0.25) is 39.3 Å². The van der Waals surface area contributed by atoms with E-state index in [0.717, 1.165) is 0 Å². The summed E-state index contributed by atoms with van der Waals surface area (Å²) in [4.78, 5) is 0. The van der Waals surface area contributed by atoms with Gasteiger partial charge in [0.2, 0.25) is 0 Å². The zero-order chi connectivity index (χ0) is 11.6. The summed E-state index contributed by atoms with van der Waals surface area (Å²) in [5.41, 5.74) is -0.137. The highest BCUT2D eigenvalue weighted by Crippen LogP contribution is 2.22. The van der Waals surface area contributed by atoms with Gasteiger partial charge in [0, 0.05) is 0 Å². The molecule has 0 aliphatic heterocycles. The summed E-state index contributed by atoms with van der Waals surface area (Å²) in [6.07, 6.45) is 0. The van der Waals surface area contributed by atoms with Gasteiger partial charge in [-0.05, 0) is 39.3 Å². The van der Waals surface area contributed by atoms with E-state index >= 15 is 0 Å². The molecule has 0 aromatic carbocycles. The van der Waals surface area contributed by atoms with Crippen molar-refractivity contribution in [3.63, 3.8) is 0 Å². The summed E-state index contributed by atoms with van der Waals surface area (Å²) in [5.74, 6) is 0. The van der Waals surface area contributed by atoms with Crippen LogP contribution in [-0.4, -0.2) is 31.0 Å². The van der Waals surface area contributed by atoms with Gasteiger partial charge in [-0.3, -0.25) is 0 Å². The van der Waals surface area contributed by atoms with Gasteiger partial charge < -0.3 is 8.23 Å². The van der Waals surface area contributed by atoms with E-state index < -0.39 is 25.5 Å². The minimum atomic E-state index is -3.61. The Balaban J connectivity index is 4.49. The molecule has 0 fully saturated rings. The van der Waals surface area contributed by atoms with Crippen LogP contribution in [0.15, 0.2) is 0 Å². The highest BCUT2D eigenvalue weighted by atomic mass is 35.5. The lowest BCUT2D eigenvalue weighted by molar-refractivity contribution is 0.314. The molecule has 0 atom stereocenters. The zero-order valence-electron chi connectivity index (χ0n) is 9.78. The quantitative estimate of drug-likeness (QED) is 0.435. The number of rotatable bonds is 5. The second kappa shape index (κ2) is 4.75. The van der Waals surface area contributed by atoms with Gasteiger partial charge in [0.05, 0.1) is 5.50 Å². The lowest BCUT2D eigenvalue weighted by Gasteiger charge is -2.32. The predicted molar refractivity (Wildman–Crippen MR) is 66.4 cm³/mol. The van der Waals surface area contributed by atoms with Crippen molar-refractivity contribution in [3.8, 4) is 0 Å². The van der Waals surface area contributed by atoms with Crippen molar-refractivity contribution in [3.05, 3.63) is 0 Å². The number of hydrogen-bond acceptors (Lipinski definition) is 2. The first-order valence-corrected chi connectivity index (χ1v) is 13.9. The maximum absolute atomic E-state index is 14.1. The van der Waals surface area contributed by atoms with E-state index in [0.29, 0.717) is 0 Å². The first-order valence-electron chi connectivity index (χ1n) is 4.63. The van der Waals surface area contributed by atoms with E-state index in [9.17, 15) is 4.11 Å². The Morgan fingerprint density at radius 1 is 0.929 bits per heavy atom. The predicted octanol–water partition coefficient (Wildman–Crippen LogP) is 3.38. The van der Waals surface area contributed by atoms with Crippen LogP contribution >= 0.6 is 11.6 Å². The van der Waals surface area contributed by atoms with Crippen LogP contribution in [0.4, 0.5) is 4.11 Å². The van der Waals surface area contributed by atoms with Crippen molar-refractivity contribution in [1.82, 2.24) is 0 Å². The molecule has 7 heteroatoms. The monoisotopic (exact) mass is 274 g/mol. The fourth-order valence-corrected chi connectivity index (χ4v) is 10.3. The Bertz CT molecular complexity index is 174. The first kappa shape index (κ1) is 14.8. The smallest absolute Gasteiger partial charge is 0.413 e. The van der Waals surface area contributed by atoms with Gasteiger partial charge in [-0.1, -0.05) is 0 Å². The van der Waals surface area contributed by atoms with Gasteiger partial charge >= 0.3 is 8.89 Å². The van der Waals surface area contributed by atoms with E-state index in [1.54, 1.807) is 0 Å². The molecule has 2 nitrogen and oxygen atoms in total. The Hall–Kier alpha value is 0.791. The van der Waals surface area contributed by atoms with Crippen molar-refractivity contribution in [2.24, 2.45) is 0 Å². The molecule has 0 radical (unpaired) electrons. The topological polar surface area (TPSA) is 18.5 Å². The lowest BCUT2D eigenvalue weighted by atomic mass is 11.8. The second-order valence-electron chi connectivity index (χ2n) is 5.22. The van der Waals surface area contributed by atoms with Gasteiger partial charge in [-0.15, -0.1) is 11.6 Å². The maximum atomic E-state index is 14.1. The average Bonchev–Trinajstić information content (AvgIpc) is 1.78. The molecule has 86 valence electrons. The summed E-state index contributed by atoms with van der Waals surface area (Å²) in [6, 6.07) is 0. The number of halogens is 2. The van der Waals surface area contributed by atoms with Gasteiger partial charge in [0.1, 0.15) is 0 Å². The van der Waals surface area contributed by atoms with Crippen LogP contribution in [0.25, 0.3) is 0 Å². The first-order chi connectivity index (χ1) is 5.97. The molecular weight excluding hydrogens is 255 g/mol. The van der Waals surface area contributed by atoms with E-state index in [4.69, 9.17) is 19.8 Å². The molecule has 0 rings (SSSR count). The molecule has 0 saturated carbocycles. The summed E-state index contributed by atoms with van der Waals surface area (Å²) in [7, 11) is -7.43. The normalized spacial score (nSPS) is 14.6. The van der Waals surface area contributed by atoms with Crippen molar-refractivity contribution in [2.45, 2.75) is 39.3 Å². The van der Waals surface area contributed by atoms with Crippen molar-refractivity contribution in [2.75, 3.05) is 5.50 Å². The van der Waals surface area contributed by atoms with Crippen molar-refractivity contribution in [1.29, 1.82) is 0 Å². The van der Waals surface area contributed by atoms with E-state index in [-0.39, 0.29) is 5.50 Å². The summed E-state index contributed by atoms with van der Waals surface area (Å²) in [6.45, 7) is 11.6. The van der Waals surface area contributed by atoms with Crippen LogP contribution < -0.4 is 0 Å². The fourth-order valence-electron chi connectivity index (χ4n) is 0.990. The highest BCUT2D eigenvalue weighted by molar-refractivity contribution is 6.87. The van der Waals surface area contributed by atoms with Crippen LogP contribution in [0.5, 0.6) is 0 Å². The van der Waals surface area contributed by atoms with Gasteiger partial charge in [0.25, 0.3) is 0 Å². The minimum absolute atomic E-state index is 0.137. The molecule has 0 saturated heterocycles. The Morgan fingerprint density at radius 2 is 1.21 bits per heavy atom. The van der Waals surface area contributed by atoms with E-state index in [1.165, 1.54) is 0 Å². The molecule has 0 N–H and O–H groups in total. The standard InChI is InChI=1S/C7H20ClFO2Si3/c1-12(2,3)10-14(9,7-8)11-13(4,5)6/h7H2,1-6H3. The molecule has 0 aromatic rings. The summed E-state index contributed by atoms with van der Waals surface area (Å²) in [5, 5.41) is 0. The van der Waals surface area contributed by atoms with E-state index in [1.807, 2.05) is 39.3 Å². The van der Waals surface area contributed by atoms with Crippen molar-refractivity contribution < 1.29 is 12.3 Å². The van der Waals surface area contributed by atoms with Crippen LogP contribution in [0, 0.1) is 0 Å². The fraction of sp³-hybridized carbons (Fsp3) is 1.00. The zero-order valence-corrected chi connectivity index (χ0v) is 13.5. The second-order valence-corrected chi connectivity index (χ2v) is 17.7. The molecule has 0 bridgehead atoms. The largest absolute Gasteiger partial charge is 0.534 e. The van der Waals surface area contributed by atoms with Crippen LogP contribution in [-0.2, 0) is 8.23 Å². The Labute approximate surface area is 94.4 Å². The molecular formula is C7H20ClFO2Si3. The molecule has 0 heterocycles.